The van der Waals surface area contributed by atoms with Gasteiger partial charge in [0.25, 0.3) is 0 Å². The summed E-state index contributed by atoms with van der Waals surface area (Å²) in [4.78, 5) is 11.8. The lowest BCUT2D eigenvalue weighted by atomic mass is 9.93. The van der Waals surface area contributed by atoms with Crippen molar-refractivity contribution < 1.29 is 14.3 Å². The molecule has 0 aliphatic carbocycles. The highest BCUT2D eigenvalue weighted by molar-refractivity contribution is 5.85. The van der Waals surface area contributed by atoms with Gasteiger partial charge in [0, 0.05) is 16.8 Å². The zero-order valence-corrected chi connectivity index (χ0v) is 14.0. The molecule has 0 aliphatic heterocycles. The normalized spacial score (nSPS) is 12.0. The Bertz CT molecular complexity index is 505. The Balaban J connectivity index is 3.01. The van der Waals surface area contributed by atoms with Crippen LogP contribution < -0.4 is 15.4 Å². The van der Waals surface area contributed by atoms with Crippen LogP contribution in [0.5, 0.6) is 5.75 Å². The largest absolute Gasteiger partial charge is 0.496 e. The average Bonchev–Trinajstić information content (AvgIpc) is 2.36. The summed E-state index contributed by atoms with van der Waals surface area (Å²) in [6.07, 6.45) is -0.471. The Kier molecular flexibility index (Phi) is 5.23. The van der Waals surface area contributed by atoms with Crippen LogP contribution in [-0.2, 0) is 10.3 Å². The molecule has 1 amide bonds. The van der Waals surface area contributed by atoms with Gasteiger partial charge in [0.1, 0.15) is 11.4 Å². The molecule has 118 valence electrons. The number of benzene rings is 1. The van der Waals surface area contributed by atoms with E-state index in [9.17, 15) is 4.79 Å². The zero-order valence-electron chi connectivity index (χ0n) is 14.0. The number of hydrogen-bond donors (Lipinski definition) is 2. The lowest BCUT2D eigenvalue weighted by Crippen LogP contribution is -2.33. The summed E-state index contributed by atoms with van der Waals surface area (Å²) in [5, 5.41) is 5.97. The fourth-order valence-electron chi connectivity index (χ4n) is 1.83. The second kappa shape index (κ2) is 6.35. The van der Waals surface area contributed by atoms with Crippen molar-refractivity contribution in [3.05, 3.63) is 23.8 Å². The fourth-order valence-corrected chi connectivity index (χ4v) is 1.83. The molecule has 0 atom stereocenters. The van der Waals surface area contributed by atoms with Crippen molar-refractivity contribution in [2.75, 3.05) is 19.5 Å². The highest BCUT2D eigenvalue weighted by Gasteiger charge is 2.23. The van der Waals surface area contributed by atoms with Gasteiger partial charge in [0.2, 0.25) is 0 Å². The van der Waals surface area contributed by atoms with Gasteiger partial charge in [-0.1, -0.05) is 0 Å². The molecule has 1 rings (SSSR count). The second-order valence-corrected chi connectivity index (χ2v) is 6.42. The summed E-state index contributed by atoms with van der Waals surface area (Å²) in [6, 6.07) is 5.51. The molecule has 0 aliphatic rings. The molecule has 0 spiro atoms. The molecule has 1 aromatic carbocycles. The monoisotopic (exact) mass is 294 g/mol. The van der Waals surface area contributed by atoms with Crippen molar-refractivity contribution in [1.82, 2.24) is 5.32 Å². The van der Waals surface area contributed by atoms with Gasteiger partial charge in [-0.15, -0.1) is 0 Å². The Morgan fingerprint density at radius 3 is 2.24 bits per heavy atom. The van der Waals surface area contributed by atoms with Crippen molar-refractivity contribution in [2.45, 2.75) is 45.8 Å². The third kappa shape index (κ3) is 4.93. The predicted octanol–water partition coefficient (Wildman–Crippen LogP) is 3.50. The first kappa shape index (κ1) is 17.3. The van der Waals surface area contributed by atoms with E-state index in [1.807, 2.05) is 53.8 Å². The first-order valence-electron chi connectivity index (χ1n) is 6.96. The summed E-state index contributed by atoms with van der Waals surface area (Å²) >= 11 is 0. The molecule has 0 heterocycles. The van der Waals surface area contributed by atoms with Crippen LogP contribution in [0.4, 0.5) is 10.5 Å². The number of carbonyl (C=O) groups is 1. The van der Waals surface area contributed by atoms with E-state index in [4.69, 9.17) is 9.47 Å². The Morgan fingerprint density at radius 2 is 1.76 bits per heavy atom. The van der Waals surface area contributed by atoms with Crippen LogP contribution in [0.25, 0.3) is 0 Å². The van der Waals surface area contributed by atoms with Crippen LogP contribution in [-0.4, -0.2) is 25.9 Å². The summed E-state index contributed by atoms with van der Waals surface area (Å²) in [5.74, 6) is 0.768. The average molecular weight is 294 g/mol. The molecule has 0 saturated heterocycles. The Hall–Kier alpha value is -1.75. The molecule has 0 fully saturated rings. The third-order valence-corrected chi connectivity index (χ3v) is 3.14. The molecular formula is C16H26N2O3. The molecule has 2 N–H and O–H groups in total. The van der Waals surface area contributed by atoms with E-state index in [1.54, 1.807) is 13.2 Å². The van der Waals surface area contributed by atoms with Crippen LogP contribution in [0.15, 0.2) is 18.2 Å². The van der Waals surface area contributed by atoms with E-state index < -0.39 is 11.7 Å². The van der Waals surface area contributed by atoms with Gasteiger partial charge in [0.15, 0.2) is 0 Å². The van der Waals surface area contributed by atoms with E-state index in [-0.39, 0.29) is 5.54 Å². The van der Waals surface area contributed by atoms with Crippen LogP contribution in [0.2, 0.25) is 0 Å². The summed E-state index contributed by atoms with van der Waals surface area (Å²) < 4.78 is 10.6. The molecule has 0 saturated carbocycles. The maximum atomic E-state index is 11.8. The van der Waals surface area contributed by atoms with Crippen molar-refractivity contribution in [1.29, 1.82) is 0 Å². The van der Waals surface area contributed by atoms with E-state index in [0.29, 0.717) is 5.69 Å². The van der Waals surface area contributed by atoms with E-state index in [1.165, 1.54) is 0 Å². The predicted molar refractivity (Wildman–Crippen MR) is 84.9 cm³/mol. The van der Waals surface area contributed by atoms with Gasteiger partial charge in [-0.3, -0.25) is 5.32 Å². The fraction of sp³-hybridized carbons (Fsp3) is 0.562. The topological polar surface area (TPSA) is 59.6 Å². The first-order chi connectivity index (χ1) is 9.59. The first-order valence-corrected chi connectivity index (χ1v) is 6.96. The van der Waals surface area contributed by atoms with Crippen molar-refractivity contribution in [3.8, 4) is 5.75 Å². The Labute approximate surface area is 127 Å². The number of methoxy groups -OCH3 is 1. The summed E-state index contributed by atoms with van der Waals surface area (Å²) in [7, 11) is 3.51. The van der Waals surface area contributed by atoms with Gasteiger partial charge < -0.3 is 14.8 Å². The van der Waals surface area contributed by atoms with Crippen LogP contribution in [0.3, 0.4) is 0 Å². The van der Waals surface area contributed by atoms with Crippen LogP contribution in [0, 0.1) is 0 Å². The zero-order chi connectivity index (χ0) is 16.3. The number of anilines is 1. The van der Waals surface area contributed by atoms with E-state index in [2.05, 4.69) is 10.6 Å². The van der Waals surface area contributed by atoms with Gasteiger partial charge in [-0.05, 0) is 59.9 Å². The quantitative estimate of drug-likeness (QED) is 0.892. The highest BCUT2D eigenvalue weighted by atomic mass is 16.6. The lowest BCUT2D eigenvalue weighted by molar-refractivity contribution is 0.0636. The number of nitrogens with one attached hydrogen (secondary N) is 2. The van der Waals surface area contributed by atoms with Gasteiger partial charge in [-0.2, -0.15) is 0 Å². The van der Waals surface area contributed by atoms with E-state index >= 15 is 0 Å². The number of rotatable bonds is 4. The minimum atomic E-state index is -0.524. The molecule has 5 nitrogen and oxygen atoms in total. The SMILES string of the molecule is CNC(C)(C)c1cc(NC(=O)OC(C)(C)C)ccc1OC. The highest BCUT2D eigenvalue weighted by Crippen LogP contribution is 2.32. The standard InChI is InChI=1S/C16H26N2O3/c1-15(2,3)21-14(19)18-11-8-9-13(20-7)12(10-11)16(4,5)17-6/h8-10,17H,1-7H3,(H,18,19). The third-order valence-electron chi connectivity index (χ3n) is 3.14. The molecule has 0 radical (unpaired) electrons. The molecular weight excluding hydrogens is 268 g/mol. The van der Waals surface area contributed by atoms with Gasteiger partial charge >= 0.3 is 6.09 Å². The van der Waals surface area contributed by atoms with Crippen LogP contribution in [0.1, 0.15) is 40.2 Å². The minimum absolute atomic E-state index is 0.281. The molecule has 1 aromatic rings. The van der Waals surface area contributed by atoms with Gasteiger partial charge in [0.05, 0.1) is 7.11 Å². The van der Waals surface area contributed by atoms with Gasteiger partial charge in [-0.25, -0.2) is 4.79 Å². The number of carbonyl (C=O) groups excluding carboxylic acids is 1. The minimum Gasteiger partial charge on any atom is -0.496 e. The van der Waals surface area contributed by atoms with Crippen LogP contribution >= 0.6 is 0 Å². The van der Waals surface area contributed by atoms with Crippen molar-refractivity contribution in [2.24, 2.45) is 0 Å². The number of amides is 1. The molecule has 0 aromatic heterocycles. The van der Waals surface area contributed by atoms with Crippen molar-refractivity contribution >= 4 is 11.8 Å². The Morgan fingerprint density at radius 1 is 1.14 bits per heavy atom. The maximum Gasteiger partial charge on any atom is 0.412 e. The van der Waals surface area contributed by atoms with E-state index in [0.717, 1.165) is 11.3 Å². The smallest absolute Gasteiger partial charge is 0.412 e. The summed E-state index contributed by atoms with van der Waals surface area (Å²) in [6.45, 7) is 9.58. The molecule has 21 heavy (non-hydrogen) atoms. The molecule has 0 bridgehead atoms. The molecule has 5 heteroatoms. The van der Waals surface area contributed by atoms with Crippen molar-refractivity contribution in [3.63, 3.8) is 0 Å². The molecule has 0 unspecified atom stereocenters. The maximum absolute atomic E-state index is 11.8. The number of hydrogen-bond acceptors (Lipinski definition) is 4. The number of ether oxygens (including phenoxy) is 2. The second-order valence-electron chi connectivity index (χ2n) is 6.42. The summed E-state index contributed by atoms with van der Waals surface area (Å²) in [5.41, 5.74) is 0.824. The lowest BCUT2D eigenvalue weighted by Gasteiger charge is -2.27.